The number of hydrogen-bond donors (Lipinski definition) is 1. The molecule has 0 aliphatic rings. The van der Waals surface area contributed by atoms with E-state index in [-0.39, 0.29) is 0 Å². The Kier molecular flexibility index (Phi) is 4.08. The molecule has 20 heavy (non-hydrogen) atoms. The van der Waals surface area contributed by atoms with Crippen LogP contribution >= 0.6 is 11.3 Å². The van der Waals surface area contributed by atoms with Crippen LogP contribution in [-0.2, 0) is 6.54 Å². The lowest BCUT2D eigenvalue weighted by molar-refractivity contribution is 0.535. The number of imidazole rings is 1. The number of aryl methyl sites for hydroxylation is 1. The molecule has 0 fully saturated rings. The Morgan fingerprint density at radius 2 is 2.25 bits per heavy atom. The van der Waals surface area contributed by atoms with Crippen LogP contribution in [0.2, 0.25) is 0 Å². The van der Waals surface area contributed by atoms with E-state index in [1.165, 1.54) is 10.4 Å². The SMILES string of the molecule is CC(NCCCn1cnc2ccccc21)c1cncs1. The normalized spacial score (nSPS) is 12.8. The maximum absolute atomic E-state index is 4.41. The number of aromatic nitrogens is 3. The second kappa shape index (κ2) is 6.15. The molecule has 0 spiro atoms. The fourth-order valence-electron chi connectivity index (χ4n) is 2.30. The van der Waals surface area contributed by atoms with Gasteiger partial charge in [-0.2, -0.15) is 0 Å². The molecular weight excluding hydrogens is 268 g/mol. The third-order valence-corrected chi connectivity index (χ3v) is 4.39. The lowest BCUT2D eigenvalue weighted by Crippen LogP contribution is -2.20. The number of benzene rings is 1. The van der Waals surface area contributed by atoms with E-state index in [1.807, 2.05) is 24.1 Å². The van der Waals surface area contributed by atoms with Crippen LogP contribution in [0.15, 0.2) is 42.3 Å². The monoisotopic (exact) mass is 286 g/mol. The number of rotatable bonds is 6. The summed E-state index contributed by atoms with van der Waals surface area (Å²) in [6, 6.07) is 8.64. The van der Waals surface area contributed by atoms with E-state index in [2.05, 4.69) is 45.0 Å². The van der Waals surface area contributed by atoms with Gasteiger partial charge < -0.3 is 9.88 Å². The highest BCUT2D eigenvalue weighted by Crippen LogP contribution is 2.16. The van der Waals surface area contributed by atoms with Crippen molar-refractivity contribution in [3.8, 4) is 0 Å². The first-order valence-electron chi connectivity index (χ1n) is 6.86. The minimum atomic E-state index is 0.377. The highest BCUT2D eigenvalue weighted by atomic mass is 32.1. The summed E-state index contributed by atoms with van der Waals surface area (Å²) >= 11 is 1.70. The van der Waals surface area contributed by atoms with Crippen LogP contribution in [0.5, 0.6) is 0 Å². The number of hydrogen-bond acceptors (Lipinski definition) is 4. The molecule has 1 aromatic carbocycles. The van der Waals surface area contributed by atoms with Gasteiger partial charge in [0.1, 0.15) is 0 Å². The average Bonchev–Trinajstić information content (AvgIpc) is 3.13. The maximum atomic E-state index is 4.41. The van der Waals surface area contributed by atoms with Gasteiger partial charge in [-0.3, -0.25) is 4.98 Å². The number of para-hydroxylation sites is 2. The van der Waals surface area contributed by atoms with Gasteiger partial charge >= 0.3 is 0 Å². The average molecular weight is 286 g/mol. The van der Waals surface area contributed by atoms with Gasteiger partial charge in [0.25, 0.3) is 0 Å². The van der Waals surface area contributed by atoms with Crippen molar-refractivity contribution in [2.45, 2.75) is 25.9 Å². The third-order valence-electron chi connectivity index (χ3n) is 3.43. The summed E-state index contributed by atoms with van der Waals surface area (Å²) in [6.45, 7) is 4.16. The number of nitrogens with one attached hydrogen (secondary N) is 1. The molecule has 104 valence electrons. The zero-order chi connectivity index (χ0) is 13.8. The highest BCUT2D eigenvalue weighted by molar-refractivity contribution is 7.09. The van der Waals surface area contributed by atoms with Crippen LogP contribution in [0, 0.1) is 0 Å². The summed E-state index contributed by atoms with van der Waals surface area (Å²) < 4.78 is 2.22. The quantitative estimate of drug-likeness (QED) is 0.707. The van der Waals surface area contributed by atoms with Gasteiger partial charge in [0.2, 0.25) is 0 Å². The van der Waals surface area contributed by atoms with Gasteiger partial charge in [0.05, 0.1) is 22.9 Å². The standard InChI is InChI=1S/C15H18N4S/c1-12(15-9-16-11-20-15)17-7-4-8-19-10-18-13-5-2-3-6-14(13)19/h2-3,5-6,9-12,17H,4,7-8H2,1H3. The fourth-order valence-corrected chi connectivity index (χ4v) is 2.95. The van der Waals surface area contributed by atoms with Gasteiger partial charge in [-0.15, -0.1) is 11.3 Å². The first-order chi connectivity index (χ1) is 9.84. The molecule has 2 heterocycles. The summed E-state index contributed by atoms with van der Waals surface area (Å²) in [6.07, 6.45) is 4.95. The Bertz CT molecular complexity index is 659. The predicted molar refractivity (Wildman–Crippen MR) is 82.9 cm³/mol. The Morgan fingerprint density at radius 1 is 1.35 bits per heavy atom. The van der Waals surface area contributed by atoms with Crippen molar-refractivity contribution in [3.05, 3.63) is 47.2 Å². The van der Waals surface area contributed by atoms with Crippen LogP contribution < -0.4 is 5.32 Å². The summed E-state index contributed by atoms with van der Waals surface area (Å²) in [5.74, 6) is 0. The van der Waals surface area contributed by atoms with Crippen LogP contribution in [0.25, 0.3) is 11.0 Å². The number of thiazole rings is 1. The van der Waals surface area contributed by atoms with Crippen molar-refractivity contribution < 1.29 is 0 Å². The largest absolute Gasteiger partial charge is 0.331 e. The molecular formula is C15H18N4S. The van der Waals surface area contributed by atoms with Crippen molar-refractivity contribution in [2.24, 2.45) is 0 Å². The number of fused-ring (bicyclic) bond motifs is 1. The Labute approximate surface area is 122 Å². The fraction of sp³-hybridized carbons (Fsp3) is 0.333. The molecule has 0 aliphatic heterocycles. The minimum Gasteiger partial charge on any atom is -0.331 e. The lowest BCUT2D eigenvalue weighted by Gasteiger charge is -2.11. The first-order valence-corrected chi connectivity index (χ1v) is 7.74. The Hall–Kier alpha value is -1.72. The van der Waals surface area contributed by atoms with Crippen molar-refractivity contribution in [3.63, 3.8) is 0 Å². The van der Waals surface area contributed by atoms with Crippen LogP contribution in [0.1, 0.15) is 24.3 Å². The van der Waals surface area contributed by atoms with Gasteiger partial charge in [0.15, 0.2) is 0 Å². The van der Waals surface area contributed by atoms with Crippen LogP contribution in [0.3, 0.4) is 0 Å². The molecule has 0 saturated carbocycles. The molecule has 0 radical (unpaired) electrons. The van der Waals surface area contributed by atoms with E-state index in [0.29, 0.717) is 6.04 Å². The van der Waals surface area contributed by atoms with Gasteiger partial charge in [-0.25, -0.2) is 4.98 Å². The summed E-state index contributed by atoms with van der Waals surface area (Å²) in [5.41, 5.74) is 4.16. The maximum Gasteiger partial charge on any atom is 0.0958 e. The van der Waals surface area contributed by atoms with Crippen LogP contribution in [0.4, 0.5) is 0 Å². The van der Waals surface area contributed by atoms with Crippen molar-refractivity contribution in [2.75, 3.05) is 6.54 Å². The van der Waals surface area contributed by atoms with E-state index in [4.69, 9.17) is 0 Å². The second-order valence-corrected chi connectivity index (χ2v) is 5.78. The highest BCUT2D eigenvalue weighted by Gasteiger charge is 2.06. The topological polar surface area (TPSA) is 42.7 Å². The molecule has 4 nitrogen and oxygen atoms in total. The molecule has 1 unspecified atom stereocenters. The Morgan fingerprint density at radius 3 is 3.10 bits per heavy atom. The first kappa shape index (κ1) is 13.3. The van der Waals surface area contributed by atoms with Crippen molar-refractivity contribution in [1.82, 2.24) is 19.9 Å². The summed E-state index contributed by atoms with van der Waals surface area (Å²) in [7, 11) is 0. The summed E-state index contributed by atoms with van der Waals surface area (Å²) in [4.78, 5) is 9.81. The molecule has 2 aromatic heterocycles. The second-order valence-electron chi connectivity index (χ2n) is 4.86. The molecule has 3 rings (SSSR count). The van der Waals surface area contributed by atoms with Crippen LogP contribution in [-0.4, -0.2) is 21.1 Å². The predicted octanol–water partition coefficient (Wildman–Crippen LogP) is 3.23. The van der Waals surface area contributed by atoms with Crippen molar-refractivity contribution >= 4 is 22.4 Å². The zero-order valence-electron chi connectivity index (χ0n) is 11.5. The smallest absolute Gasteiger partial charge is 0.0958 e. The van der Waals surface area contributed by atoms with E-state index in [9.17, 15) is 0 Å². The molecule has 0 aliphatic carbocycles. The van der Waals surface area contributed by atoms with Crippen molar-refractivity contribution in [1.29, 1.82) is 0 Å². The molecule has 0 amide bonds. The lowest BCUT2D eigenvalue weighted by atomic mass is 10.3. The van der Waals surface area contributed by atoms with E-state index >= 15 is 0 Å². The molecule has 5 heteroatoms. The molecule has 0 saturated heterocycles. The van der Waals surface area contributed by atoms with E-state index in [1.54, 1.807) is 11.3 Å². The molecule has 0 bridgehead atoms. The Balaban J connectivity index is 1.50. The van der Waals surface area contributed by atoms with Gasteiger partial charge in [-0.05, 0) is 32.0 Å². The zero-order valence-corrected chi connectivity index (χ0v) is 12.3. The van der Waals surface area contributed by atoms with Gasteiger partial charge in [0, 0.05) is 23.7 Å². The molecule has 1 N–H and O–H groups in total. The molecule has 1 atom stereocenters. The minimum absolute atomic E-state index is 0.377. The summed E-state index contributed by atoms with van der Waals surface area (Å²) in [5, 5.41) is 3.53. The third kappa shape index (κ3) is 2.89. The number of nitrogens with zero attached hydrogens (tertiary/aromatic N) is 3. The van der Waals surface area contributed by atoms with E-state index in [0.717, 1.165) is 25.0 Å². The van der Waals surface area contributed by atoms with E-state index < -0.39 is 0 Å². The molecule has 3 aromatic rings. The van der Waals surface area contributed by atoms with Gasteiger partial charge in [-0.1, -0.05) is 12.1 Å².